The van der Waals surface area contributed by atoms with Gasteiger partial charge in [-0.15, -0.1) is 0 Å². The molecule has 0 amide bonds. The first kappa shape index (κ1) is 17.5. The van der Waals surface area contributed by atoms with E-state index in [1.807, 2.05) is 24.3 Å². The molecule has 1 aromatic heterocycles. The summed E-state index contributed by atoms with van der Waals surface area (Å²) in [4.78, 5) is 13.1. The lowest BCUT2D eigenvalue weighted by molar-refractivity contribution is 0.395. The van der Waals surface area contributed by atoms with Crippen LogP contribution in [-0.2, 0) is 0 Å². The normalized spacial score (nSPS) is 10.3. The number of hydrogen-bond donors (Lipinski definition) is 0. The van der Waals surface area contributed by atoms with Gasteiger partial charge in [-0.1, -0.05) is 0 Å². The molecule has 0 bridgehead atoms. The Hall–Kier alpha value is -3.35. The van der Waals surface area contributed by atoms with Crippen LogP contribution < -0.4 is 18.9 Å². The van der Waals surface area contributed by atoms with Crippen LogP contribution in [0.1, 0.15) is 0 Å². The molecule has 0 saturated carbocycles. The van der Waals surface area contributed by atoms with Crippen molar-refractivity contribution < 1.29 is 18.9 Å². The lowest BCUT2D eigenvalue weighted by atomic mass is 10.1. The number of benzene rings is 2. The van der Waals surface area contributed by atoms with Crippen molar-refractivity contribution in [2.45, 2.75) is 0 Å². The van der Waals surface area contributed by atoms with Gasteiger partial charge in [0.15, 0.2) is 11.6 Å². The van der Waals surface area contributed by atoms with Crippen molar-refractivity contribution in [2.75, 3.05) is 28.4 Å². The first-order valence-corrected chi connectivity index (χ1v) is 7.84. The fourth-order valence-electron chi connectivity index (χ4n) is 2.52. The predicted molar refractivity (Wildman–Crippen MR) is 96.9 cm³/mol. The Balaban J connectivity index is 2.07. The van der Waals surface area contributed by atoms with Crippen molar-refractivity contribution in [3.8, 4) is 45.8 Å². The summed E-state index contributed by atoms with van der Waals surface area (Å²) in [7, 11) is 6.39. The third-order valence-electron chi connectivity index (χ3n) is 3.87. The Bertz CT molecular complexity index is 844. The predicted octanol–water partition coefficient (Wildman–Crippen LogP) is 3.24. The van der Waals surface area contributed by atoms with Gasteiger partial charge in [-0.05, 0) is 24.3 Å². The Morgan fingerprint density at radius 2 is 1.08 bits per heavy atom. The van der Waals surface area contributed by atoms with Gasteiger partial charge in [-0.3, -0.25) is 0 Å². The molecule has 0 atom stereocenters. The summed E-state index contributed by atoms with van der Waals surface area (Å²) in [6.07, 6.45) is 1.46. The van der Waals surface area contributed by atoms with E-state index in [-0.39, 0.29) is 0 Å². The second kappa shape index (κ2) is 7.69. The van der Waals surface area contributed by atoms with Crippen LogP contribution in [0.4, 0.5) is 0 Å². The van der Waals surface area contributed by atoms with Crippen molar-refractivity contribution in [1.82, 2.24) is 15.0 Å². The summed E-state index contributed by atoms with van der Waals surface area (Å²) >= 11 is 0. The van der Waals surface area contributed by atoms with E-state index < -0.39 is 0 Å². The molecular weight excluding hydrogens is 334 g/mol. The monoisotopic (exact) mass is 353 g/mol. The SMILES string of the molecule is COc1ccc(-c2ncnc(-c3ccc(OC)cc3OC)n2)c(OC)c1. The fourth-order valence-corrected chi connectivity index (χ4v) is 2.52. The van der Waals surface area contributed by atoms with Crippen LogP contribution in [0.25, 0.3) is 22.8 Å². The molecule has 3 rings (SSSR count). The second-order valence-corrected chi connectivity index (χ2v) is 5.27. The standard InChI is InChI=1S/C19H19N3O4/c1-23-12-5-7-14(16(9-12)25-3)18-20-11-21-19(22-18)15-8-6-13(24-2)10-17(15)26-4/h5-11H,1-4H3. The number of nitrogens with zero attached hydrogens (tertiary/aromatic N) is 3. The topological polar surface area (TPSA) is 75.6 Å². The zero-order valence-corrected chi connectivity index (χ0v) is 15.0. The first-order valence-electron chi connectivity index (χ1n) is 7.84. The number of rotatable bonds is 6. The summed E-state index contributed by atoms with van der Waals surface area (Å²) < 4.78 is 21.3. The number of methoxy groups -OCH3 is 4. The van der Waals surface area contributed by atoms with Gasteiger partial charge in [-0.25, -0.2) is 15.0 Å². The van der Waals surface area contributed by atoms with Crippen LogP contribution in [0.15, 0.2) is 42.7 Å². The van der Waals surface area contributed by atoms with Crippen molar-refractivity contribution in [3.63, 3.8) is 0 Å². The minimum atomic E-state index is 0.493. The Morgan fingerprint density at radius 3 is 1.46 bits per heavy atom. The molecule has 0 aliphatic carbocycles. The Morgan fingerprint density at radius 1 is 0.615 bits per heavy atom. The van der Waals surface area contributed by atoms with E-state index in [4.69, 9.17) is 18.9 Å². The average molecular weight is 353 g/mol. The Labute approximate surface area is 151 Å². The summed E-state index contributed by atoms with van der Waals surface area (Å²) in [6.45, 7) is 0. The van der Waals surface area contributed by atoms with Crippen molar-refractivity contribution in [3.05, 3.63) is 42.7 Å². The van der Waals surface area contributed by atoms with E-state index in [0.29, 0.717) is 34.6 Å². The van der Waals surface area contributed by atoms with Crippen LogP contribution in [0.3, 0.4) is 0 Å². The van der Waals surface area contributed by atoms with E-state index in [0.717, 1.165) is 11.1 Å². The molecule has 134 valence electrons. The molecule has 0 radical (unpaired) electrons. The zero-order valence-electron chi connectivity index (χ0n) is 15.0. The summed E-state index contributed by atoms with van der Waals surface area (Å²) in [5.41, 5.74) is 1.48. The highest BCUT2D eigenvalue weighted by molar-refractivity contribution is 5.70. The quantitative estimate of drug-likeness (QED) is 0.673. The molecule has 0 unspecified atom stereocenters. The highest BCUT2D eigenvalue weighted by atomic mass is 16.5. The van der Waals surface area contributed by atoms with Gasteiger partial charge in [0.25, 0.3) is 0 Å². The maximum absolute atomic E-state index is 5.44. The molecule has 7 heteroatoms. The third-order valence-corrected chi connectivity index (χ3v) is 3.87. The maximum atomic E-state index is 5.44. The van der Waals surface area contributed by atoms with Crippen molar-refractivity contribution >= 4 is 0 Å². The molecule has 7 nitrogen and oxygen atoms in total. The third kappa shape index (κ3) is 3.37. The van der Waals surface area contributed by atoms with E-state index in [1.54, 1.807) is 40.6 Å². The lowest BCUT2D eigenvalue weighted by Crippen LogP contribution is -1.99. The minimum absolute atomic E-state index is 0.493. The van der Waals surface area contributed by atoms with Gasteiger partial charge in [0.1, 0.15) is 29.3 Å². The summed E-state index contributed by atoms with van der Waals surface area (Å²) in [5, 5.41) is 0. The van der Waals surface area contributed by atoms with Gasteiger partial charge in [-0.2, -0.15) is 0 Å². The van der Waals surface area contributed by atoms with Crippen LogP contribution in [0.2, 0.25) is 0 Å². The molecule has 0 spiro atoms. The molecule has 0 aliphatic rings. The van der Waals surface area contributed by atoms with Gasteiger partial charge >= 0.3 is 0 Å². The molecule has 3 aromatic rings. The molecule has 1 heterocycles. The largest absolute Gasteiger partial charge is 0.497 e. The molecule has 26 heavy (non-hydrogen) atoms. The van der Waals surface area contributed by atoms with E-state index in [9.17, 15) is 0 Å². The van der Waals surface area contributed by atoms with Crippen LogP contribution >= 0.6 is 0 Å². The second-order valence-electron chi connectivity index (χ2n) is 5.27. The van der Waals surface area contributed by atoms with Gasteiger partial charge in [0.2, 0.25) is 0 Å². The maximum Gasteiger partial charge on any atom is 0.167 e. The molecular formula is C19H19N3O4. The van der Waals surface area contributed by atoms with Gasteiger partial charge < -0.3 is 18.9 Å². The smallest absolute Gasteiger partial charge is 0.167 e. The van der Waals surface area contributed by atoms with E-state index in [1.165, 1.54) is 6.33 Å². The van der Waals surface area contributed by atoms with Gasteiger partial charge in [0.05, 0.1) is 39.6 Å². The van der Waals surface area contributed by atoms with Crippen LogP contribution in [0.5, 0.6) is 23.0 Å². The highest BCUT2D eigenvalue weighted by Gasteiger charge is 2.15. The average Bonchev–Trinajstić information content (AvgIpc) is 2.72. The number of aromatic nitrogens is 3. The molecule has 0 saturated heterocycles. The molecule has 2 aromatic carbocycles. The molecule has 0 N–H and O–H groups in total. The molecule has 0 fully saturated rings. The van der Waals surface area contributed by atoms with Crippen LogP contribution in [-0.4, -0.2) is 43.4 Å². The Kier molecular flexibility index (Phi) is 5.17. The molecule has 0 aliphatic heterocycles. The van der Waals surface area contributed by atoms with E-state index >= 15 is 0 Å². The highest BCUT2D eigenvalue weighted by Crippen LogP contribution is 2.34. The number of ether oxygens (including phenoxy) is 4. The van der Waals surface area contributed by atoms with Crippen LogP contribution in [0, 0.1) is 0 Å². The first-order chi connectivity index (χ1) is 12.7. The summed E-state index contributed by atoms with van der Waals surface area (Å²) in [6, 6.07) is 10.9. The van der Waals surface area contributed by atoms with E-state index in [2.05, 4.69) is 15.0 Å². The number of hydrogen-bond acceptors (Lipinski definition) is 7. The zero-order chi connectivity index (χ0) is 18.5. The van der Waals surface area contributed by atoms with Crippen molar-refractivity contribution in [2.24, 2.45) is 0 Å². The summed E-state index contributed by atoms with van der Waals surface area (Å²) in [5.74, 6) is 3.60. The minimum Gasteiger partial charge on any atom is -0.497 e. The van der Waals surface area contributed by atoms with Gasteiger partial charge in [0, 0.05) is 12.1 Å². The van der Waals surface area contributed by atoms with Crippen molar-refractivity contribution in [1.29, 1.82) is 0 Å². The fraction of sp³-hybridized carbons (Fsp3) is 0.211. The lowest BCUT2D eigenvalue weighted by Gasteiger charge is -2.11.